The van der Waals surface area contributed by atoms with Crippen molar-refractivity contribution in [2.75, 3.05) is 32.1 Å². The summed E-state index contributed by atoms with van der Waals surface area (Å²) in [5.74, 6) is -0.852. The number of hydrogen-bond donors (Lipinski definition) is 10. The number of rotatable bonds is 21. The van der Waals surface area contributed by atoms with Crippen molar-refractivity contribution in [1.82, 2.24) is 30.2 Å². The van der Waals surface area contributed by atoms with Gasteiger partial charge in [-0.1, -0.05) is 13.8 Å². The van der Waals surface area contributed by atoms with Crippen molar-refractivity contribution in [2.24, 2.45) is 10.4 Å². The summed E-state index contributed by atoms with van der Waals surface area (Å²) in [6.45, 7) is 2.22. The van der Waals surface area contributed by atoms with Gasteiger partial charge in [0, 0.05) is 43.3 Å². The van der Waals surface area contributed by atoms with E-state index in [9.17, 15) is 58.2 Å². The summed E-state index contributed by atoms with van der Waals surface area (Å²) in [5, 5.41) is 35.8. The number of nitrogens with one attached hydrogen (secondary N) is 2. The summed E-state index contributed by atoms with van der Waals surface area (Å²) in [5.41, 5.74) is -1.47. The van der Waals surface area contributed by atoms with E-state index in [0.717, 1.165) is 17.2 Å². The Labute approximate surface area is 307 Å². The van der Waals surface area contributed by atoms with Crippen LogP contribution >= 0.6 is 36.1 Å². The number of phosphoric ester groups is 3. The van der Waals surface area contributed by atoms with Crippen LogP contribution in [0.4, 0.5) is 5.82 Å². The Hall–Kier alpha value is -2.28. The number of aliphatic hydroxyl groups excluding tert-OH is 3. The highest BCUT2D eigenvalue weighted by molar-refractivity contribution is 7.80. The number of fused-ring (bicyclic) bond motifs is 1. The van der Waals surface area contributed by atoms with Gasteiger partial charge in [-0.2, -0.15) is 16.9 Å². The number of aliphatic hydroxyl groups is 3. The number of imidazole rings is 1. The third-order valence-electron chi connectivity index (χ3n) is 7.12. The fraction of sp³-hybridized carbons (Fsp3) is 0.680. The largest absolute Gasteiger partial charge is 0.481 e. The molecule has 1 aliphatic rings. The molecule has 2 aromatic rings. The maximum absolute atomic E-state index is 12.7. The van der Waals surface area contributed by atoms with Crippen LogP contribution in [0.25, 0.3) is 11.2 Å². The Morgan fingerprint density at radius 1 is 1.09 bits per heavy atom. The standard InChI is InChI=1S/C25H42N7O17P3S/c1-14(33)4-6-27-21-17-22(30-12-29-21)32(13-31-17)24-18(35)19(48-50(38,39)40)15(47-24)10-45-51(41,42)49-52(43,44)46-11-25(2,3)20(36)23(37)28-7-5-16(34)26-8-9-53/h6,12-15,18-20,24,33,35-36,53H,4-5,7-11H2,1-3H3,(H,26,34)(H,28,37)(H,41,42)(H,43,44)(H2,38,39,40)/t14?,15-,18-,19-,20+,24-/m1/s1. The molecule has 28 heteroatoms. The molecule has 0 spiro atoms. The number of aliphatic imine (C=N–C) groups is 1. The number of nitrogens with zero attached hydrogens (tertiary/aromatic N) is 5. The van der Waals surface area contributed by atoms with Crippen molar-refractivity contribution in [1.29, 1.82) is 0 Å². The molecule has 0 bridgehead atoms. The number of hydrogen-bond acceptors (Lipinski definition) is 18. The summed E-state index contributed by atoms with van der Waals surface area (Å²) < 4.78 is 62.3. The molecule has 1 saturated heterocycles. The quantitative estimate of drug-likeness (QED) is 0.0419. The highest BCUT2D eigenvalue weighted by atomic mass is 32.1. The van der Waals surface area contributed by atoms with E-state index >= 15 is 0 Å². The molecule has 0 saturated carbocycles. The number of amides is 2. The average Bonchev–Trinajstić information content (AvgIpc) is 3.61. The van der Waals surface area contributed by atoms with Crippen molar-refractivity contribution in [2.45, 2.75) is 70.4 Å². The lowest BCUT2D eigenvalue weighted by molar-refractivity contribution is -0.137. The number of ether oxygens (including phenoxy) is 1. The summed E-state index contributed by atoms with van der Waals surface area (Å²) in [6.07, 6.45) is -5.97. The average molecular weight is 838 g/mol. The zero-order chi connectivity index (χ0) is 39.8. The van der Waals surface area contributed by atoms with Crippen LogP contribution in [-0.2, 0) is 45.9 Å². The molecule has 2 aromatic heterocycles. The van der Waals surface area contributed by atoms with E-state index in [1.165, 1.54) is 20.1 Å². The van der Waals surface area contributed by atoms with Gasteiger partial charge in [-0.05, 0) is 6.92 Å². The second-order valence-corrected chi connectivity index (χ2v) is 16.8. The minimum absolute atomic E-state index is 0.0251. The van der Waals surface area contributed by atoms with Gasteiger partial charge in [0.25, 0.3) is 0 Å². The zero-order valence-corrected chi connectivity index (χ0v) is 32.0. The highest BCUT2D eigenvalue weighted by Crippen LogP contribution is 2.61. The van der Waals surface area contributed by atoms with Gasteiger partial charge in [0.2, 0.25) is 11.8 Å². The van der Waals surface area contributed by atoms with E-state index in [4.69, 9.17) is 13.8 Å². The third kappa shape index (κ3) is 13.8. The van der Waals surface area contributed by atoms with Crippen molar-refractivity contribution in [3.05, 3.63) is 12.7 Å². The van der Waals surface area contributed by atoms with Crippen LogP contribution in [-0.4, -0.2) is 135 Å². The predicted molar refractivity (Wildman–Crippen MR) is 184 cm³/mol. The second-order valence-electron chi connectivity index (χ2n) is 12.1. The van der Waals surface area contributed by atoms with E-state index in [1.807, 2.05) is 0 Å². The first-order valence-electron chi connectivity index (χ1n) is 15.5. The Kier molecular flexibility index (Phi) is 16.2. The third-order valence-corrected chi connectivity index (χ3v) is 10.4. The fourth-order valence-corrected chi connectivity index (χ4v) is 7.43. The van der Waals surface area contributed by atoms with Crippen LogP contribution in [0.3, 0.4) is 0 Å². The first-order chi connectivity index (χ1) is 24.6. The molecular formula is C25H42N7O17P3S. The van der Waals surface area contributed by atoms with E-state index in [0.29, 0.717) is 12.3 Å². The Balaban J connectivity index is 1.66. The lowest BCUT2D eigenvalue weighted by Crippen LogP contribution is -2.46. The van der Waals surface area contributed by atoms with Crippen molar-refractivity contribution in [3.63, 3.8) is 0 Å². The lowest BCUT2D eigenvalue weighted by Gasteiger charge is -2.30. The maximum Gasteiger partial charge on any atom is 0.481 e. The second kappa shape index (κ2) is 19.0. The number of aromatic nitrogens is 4. The van der Waals surface area contributed by atoms with Crippen molar-refractivity contribution < 1.29 is 80.8 Å². The Morgan fingerprint density at radius 2 is 1.77 bits per heavy atom. The number of carbonyl (C=O) groups is 2. The maximum atomic E-state index is 12.7. The molecule has 3 unspecified atom stereocenters. The molecule has 8 atom stereocenters. The van der Waals surface area contributed by atoms with Gasteiger partial charge in [-0.15, -0.1) is 0 Å². The van der Waals surface area contributed by atoms with Crippen LogP contribution < -0.4 is 10.6 Å². The minimum Gasteiger partial charge on any atom is -0.393 e. The van der Waals surface area contributed by atoms with Gasteiger partial charge >= 0.3 is 23.5 Å². The molecule has 0 aliphatic carbocycles. The summed E-state index contributed by atoms with van der Waals surface area (Å²) >= 11 is 3.95. The van der Waals surface area contributed by atoms with E-state index < -0.39 is 84.8 Å². The van der Waals surface area contributed by atoms with E-state index in [2.05, 4.69) is 52.0 Å². The van der Waals surface area contributed by atoms with Crippen LogP contribution in [0.5, 0.6) is 0 Å². The van der Waals surface area contributed by atoms with Gasteiger partial charge in [-0.25, -0.2) is 33.6 Å². The monoisotopic (exact) mass is 837 g/mol. The number of thiol groups is 1. The van der Waals surface area contributed by atoms with Gasteiger partial charge in [0.1, 0.15) is 30.7 Å². The Bertz CT molecular complexity index is 1740. The van der Waals surface area contributed by atoms with Crippen LogP contribution in [0.2, 0.25) is 0 Å². The first kappa shape index (κ1) is 45.1. The fourth-order valence-electron chi connectivity index (χ4n) is 4.49. The molecule has 1 aliphatic heterocycles. The molecule has 0 aromatic carbocycles. The van der Waals surface area contributed by atoms with Crippen molar-refractivity contribution >= 4 is 71.1 Å². The molecular weight excluding hydrogens is 795 g/mol. The zero-order valence-electron chi connectivity index (χ0n) is 28.4. The van der Waals surface area contributed by atoms with Gasteiger partial charge in [0.15, 0.2) is 23.2 Å². The summed E-state index contributed by atoms with van der Waals surface area (Å²) in [4.78, 5) is 79.7. The molecule has 9 N–H and O–H groups in total. The smallest absolute Gasteiger partial charge is 0.393 e. The van der Waals surface area contributed by atoms with Crippen LogP contribution in [0.15, 0.2) is 17.6 Å². The van der Waals surface area contributed by atoms with E-state index in [1.54, 1.807) is 6.92 Å². The molecule has 0 radical (unpaired) electrons. The van der Waals surface area contributed by atoms with Gasteiger partial charge in [-0.3, -0.25) is 27.7 Å². The van der Waals surface area contributed by atoms with E-state index in [-0.39, 0.29) is 42.3 Å². The normalized spacial score (nSPS) is 23.1. The van der Waals surface area contributed by atoms with Crippen LogP contribution in [0, 0.1) is 5.41 Å². The molecule has 2 amide bonds. The minimum atomic E-state index is -5.57. The van der Waals surface area contributed by atoms with Gasteiger partial charge in [0.05, 0.1) is 25.6 Å². The number of phosphoric acid groups is 3. The highest BCUT2D eigenvalue weighted by Gasteiger charge is 2.50. The number of carbonyl (C=O) groups excluding carboxylic acids is 2. The Morgan fingerprint density at radius 3 is 2.42 bits per heavy atom. The molecule has 24 nitrogen and oxygen atoms in total. The molecule has 3 rings (SSSR count). The topological polar surface area (TPSA) is 353 Å². The molecule has 1 fully saturated rings. The summed E-state index contributed by atoms with van der Waals surface area (Å²) in [6, 6.07) is 0. The molecule has 53 heavy (non-hydrogen) atoms. The lowest BCUT2D eigenvalue weighted by atomic mass is 9.87. The molecule has 300 valence electrons. The van der Waals surface area contributed by atoms with Crippen LogP contribution in [0.1, 0.15) is 39.8 Å². The predicted octanol–water partition coefficient (Wildman–Crippen LogP) is -0.774. The van der Waals surface area contributed by atoms with Gasteiger partial charge < -0.3 is 50.3 Å². The SMILES string of the molecule is CC(O)CC=Nc1ncnc2c1ncn2[C@@H]1O[C@H](COP(=O)(O)OP(=O)(O)OCC(C)(C)[C@@H](O)C(=O)NCCC(=O)NCCS)[C@@H](OP(=O)(O)O)[C@H]1O. The van der Waals surface area contributed by atoms with Crippen molar-refractivity contribution in [3.8, 4) is 0 Å². The molecule has 3 heterocycles. The summed E-state index contributed by atoms with van der Waals surface area (Å²) in [7, 11) is -16.4. The first-order valence-corrected chi connectivity index (χ1v) is 20.7.